The van der Waals surface area contributed by atoms with Crippen LogP contribution in [-0.2, 0) is 21.3 Å². The SMILES string of the molecule is CC(C)c1nc(C[S@](=O)[C@@H](C)C(=O)NC2CCCC2)cs1. The first-order valence-electron chi connectivity index (χ1n) is 7.59. The third-order valence-corrected chi connectivity index (χ3v) is 6.60. The van der Waals surface area contributed by atoms with Crippen LogP contribution < -0.4 is 5.32 Å². The van der Waals surface area contributed by atoms with E-state index in [9.17, 15) is 9.00 Å². The molecule has 0 spiro atoms. The topological polar surface area (TPSA) is 59.1 Å². The Morgan fingerprint density at radius 1 is 1.43 bits per heavy atom. The van der Waals surface area contributed by atoms with E-state index in [0.29, 0.717) is 11.7 Å². The Balaban J connectivity index is 1.87. The average molecular weight is 329 g/mol. The number of nitrogens with one attached hydrogen (secondary N) is 1. The van der Waals surface area contributed by atoms with Crippen LogP contribution in [0.15, 0.2) is 5.38 Å². The molecule has 0 saturated heterocycles. The van der Waals surface area contributed by atoms with Gasteiger partial charge in [-0.15, -0.1) is 11.3 Å². The summed E-state index contributed by atoms with van der Waals surface area (Å²) in [5.41, 5.74) is 0.836. The molecule has 1 aliphatic rings. The average Bonchev–Trinajstić information content (AvgIpc) is 3.09. The van der Waals surface area contributed by atoms with Crippen LogP contribution in [0.25, 0.3) is 0 Å². The number of hydrogen-bond acceptors (Lipinski definition) is 4. The zero-order chi connectivity index (χ0) is 15.4. The van der Waals surface area contributed by atoms with Gasteiger partial charge in [-0.25, -0.2) is 4.98 Å². The molecule has 0 unspecified atom stereocenters. The number of rotatable bonds is 6. The van der Waals surface area contributed by atoms with E-state index in [0.717, 1.165) is 23.5 Å². The Bertz CT molecular complexity index is 508. The Kier molecular flexibility index (Phi) is 5.93. The van der Waals surface area contributed by atoms with Crippen molar-refractivity contribution < 1.29 is 9.00 Å². The lowest BCUT2D eigenvalue weighted by Gasteiger charge is -2.16. The highest BCUT2D eigenvalue weighted by molar-refractivity contribution is 7.85. The first-order valence-corrected chi connectivity index (χ1v) is 9.85. The van der Waals surface area contributed by atoms with Gasteiger partial charge in [0.1, 0.15) is 5.25 Å². The predicted molar refractivity (Wildman–Crippen MR) is 87.9 cm³/mol. The third kappa shape index (κ3) is 4.61. The van der Waals surface area contributed by atoms with Gasteiger partial charge in [-0.1, -0.05) is 26.7 Å². The summed E-state index contributed by atoms with van der Waals surface area (Å²) in [4.78, 5) is 16.6. The van der Waals surface area contributed by atoms with Crippen molar-refractivity contribution in [3.63, 3.8) is 0 Å². The number of carbonyl (C=O) groups is 1. The van der Waals surface area contributed by atoms with Gasteiger partial charge in [-0.05, 0) is 19.8 Å². The highest BCUT2D eigenvalue weighted by Gasteiger charge is 2.25. The maximum atomic E-state index is 12.3. The van der Waals surface area contributed by atoms with E-state index < -0.39 is 16.0 Å². The fourth-order valence-electron chi connectivity index (χ4n) is 2.43. The molecule has 1 aliphatic carbocycles. The molecule has 0 aromatic carbocycles. The van der Waals surface area contributed by atoms with Gasteiger partial charge in [0.25, 0.3) is 0 Å². The summed E-state index contributed by atoms with van der Waals surface area (Å²) in [6.45, 7) is 5.94. The lowest BCUT2D eigenvalue weighted by Crippen LogP contribution is -2.40. The van der Waals surface area contributed by atoms with Gasteiger partial charge in [0.05, 0.1) is 16.5 Å². The molecule has 1 N–H and O–H groups in total. The smallest absolute Gasteiger partial charge is 0.235 e. The maximum Gasteiger partial charge on any atom is 0.235 e. The molecule has 1 aromatic rings. The van der Waals surface area contributed by atoms with Gasteiger partial charge in [0, 0.05) is 28.1 Å². The summed E-state index contributed by atoms with van der Waals surface area (Å²) in [6.07, 6.45) is 4.46. The van der Waals surface area contributed by atoms with Gasteiger partial charge < -0.3 is 5.32 Å². The van der Waals surface area contributed by atoms with E-state index in [4.69, 9.17) is 0 Å². The van der Waals surface area contributed by atoms with Gasteiger partial charge >= 0.3 is 0 Å². The van der Waals surface area contributed by atoms with Crippen molar-refractivity contribution in [2.24, 2.45) is 0 Å². The first-order chi connectivity index (χ1) is 9.97. The van der Waals surface area contributed by atoms with Gasteiger partial charge in [0.2, 0.25) is 5.91 Å². The standard InChI is InChI=1S/C15H24N2O2S2/c1-10(2)15-17-13(8-20-15)9-21(19)11(3)14(18)16-12-6-4-5-7-12/h8,10-12H,4-7,9H2,1-3H3,(H,16,18)/t11-,21-/m0/s1. The second kappa shape index (κ2) is 7.49. The number of carbonyl (C=O) groups excluding carboxylic acids is 1. The van der Waals surface area contributed by atoms with Gasteiger partial charge in [-0.3, -0.25) is 9.00 Å². The summed E-state index contributed by atoms with van der Waals surface area (Å²) < 4.78 is 12.3. The Morgan fingerprint density at radius 2 is 2.10 bits per heavy atom. The van der Waals surface area contributed by atoms with Crippen LogP contribution in [0.2, 0.25) is 0 Å². The van der Waals surface area contributed by atoms with Crippen LogP contribution in [0, 0.1) is 0 Å². The van der Waals surface area contributed by atoms with Crippen LogP contribution in [0.4, 0.5) is 0 Å². The molecule has 0 aliphatic heterocycles. The maximum absolute atomic E-state index is 12.3. The van der Waals surface area contributed by atoms with Crippen molar-refractivity contribution in [2.45, 2.75) is 69.4 Å². The number of hydrogen-bond donors (Lipinski definition) is 1. The Hall–Kier alpha value is -0.750. The minimum atomic E-state index is -1.21. The molecule has 0 bridgehead atoms. The molecule has 1 saturated carbocycles. The first kappa shape index (κ1) is 16.6. The molecular weight excluding hydrogens is 304 g/mol. The lowest BCUT2D eigenvalue weighted by atomic mass is 10.2. The number of thiazole rings is 1. The van der Waals surface area contributed by atoms with Crippen LogP contribution in [0.3, 0.4) is 0 Å². The molecule has 6 heteroatoms. The molecular formula is C15H24N2O2S2. The van der Waals surface area contributed by atoms with Crippen molar-refractivity contribution in [2.75, 3.05) is 0 Å². The van der Waals surface area contributed by atoms with E-state index >= 15 is 0 Å². The highest BCUT2D eigenvalue weighted by atomic mass is 32.2. The fourth-order valence-corrected chi connectivity index (χ4v) is 4.37. The van der Waals surface area contributed by atoms with Crippen molar-refractivity contribution in [3.05, 3.63) is 16.1 Å². The molecule has 2 atom stereocenters. The summed E-state index contributed by atoms with van der Waals surface area (Å²) >= 11 is 1.60. The summed E-state index contributed by atoms with van der Waals surface area (Å²) in [6, 6.07) is 0.281. The quantitative estimate of drug-likeness (QED) is 0.873. The molecule has 1 amide bonds. The van der Waals surface area contributed by atoms with Crippen LogP contribution in [0.1, 0.15) is 63.1 Å². The summed E-state index contributed by atoms with van der Waals surface area (Å²) in [5.74, 6) is 0.669. The van der Waals surface area contributed by atoms with Gasteiger partial charge in [-0.2, -0.15) is 0 Å². The van der Waals surface area contributed by atoms with E-state index in [1.165, 1.54) is 12.8 Å². The molecule has 4 nitrogen and oxygen atoms in total. The fraction of sp³-hybridized carbons (Fsp3) is 0.733. The zero-order valence-corrected chi connectivity index (χ0v) is 14.6. The lowest BCUT2D eigenvalue weighted by molar-refractivity contribution is -0.121. The van der Waals surface area contributed by atoms with E-state index in [1.807, 2.05) is 5.38 Å². The highest BCUT2D eigenvalue weighted by Crippen LogP contribution is 2.21. The number of amides is 1. The van der Waals surface area contributed by atoms with Crippen molar-refractivity contribution in [3.8, 4) is 0 Å². The third-order valence-electron chi connectivity index (χ3n) is 3.82. The largest absolute Gasteiger partial charge is 0.352 e. The number of aromatic nitrogens is 1. The Labute approximate surface area is 133 Å². The molecule has 1 heterocycles. The molecule has 1 aromatic heterocycles. The molecule has 2 rings (SSSR count). The minimum absolute atomic E-state index is 0.0838. The summed E-state index contributed by atoms with van der Waals surface area (Å²) in [7, 11) is -1.21. The van der Waals surface area contributed by atoms with E-state index in [1.54, 1.807) is 18.3 Å². The molecule has 118 valence electrons. The second-order valence-electron chi connectivity index (χ2n) is 5.99. The van der Waals surface area contributed by atoms with Crippen LogP contribution in [-0.4, -0.2) is 26.4 Å². The monoisotopic (exact) mass is 328 g/mol. The van der Waals surface area contributed by atoms with Crippen molar-refractivity contribution >= 4 is 28.0 Å². The van der Waals surface area contributed by atoms with Crippen LogP contribution >= 0.6 is 11.3 Å². The normalized spacial score (nSPS) is 18.9. The van der Waals surface area contributed by atoms with Crippen molar-refractivity contribution in [1.82, 2.24) is 10.3 Å². The predicted octanol–water partition coefficient (Wildman–Crippen LogP) is 2.96. The second-order valence-corrected chi connectivity index (χ2v) is 8.64. The van der Waals surface area contributed by atoms with Crippen molar-refractivity contribution in [1.29, 1.82) is 0 Å². The van der Waals surface area contributed by atoms with E-state index in [2.05, 4.69) is 24.1 Å². The number of nitrogens with zero attached hydrogens (tertiary/aromatic N) is 1. The Morgan fingerprint density at radius 3 is 2.67 bits per heavy atom. The molecule has 1 fully saturated rings. The minimum Gasteiger partial charge on any atom is -0.352 e. The van der Waals surface area contributed by atoms with Crippen LogP contribution in [0.5, 0.6) is 0 Å². The van der Waals surface area contributed by atoms with Gasteiger partial charge in [0.15, 0.2) is 0 Å². The molecule has 21 heavy (non-hydrogen) atoms. The summed E-state index contributed by atoms with van der Waals surface area (Å²) in [5, 5.41) is 5.56. The molecule has 0 radical (unpaired) electrons. The zero-order valence-electron chi connectivity index (χ0n) is 12.9. The van der Waals surface area contributed by atoms with E-state index in [-0.39, 0.29) is 11.9 Å².